The molecule has 0 unspecified atom stereocenters. The zero-order valence-corrected chi connectivity index (χ0v) is 13.0. The lowest BCUT2D eigenvalue weighted by molar-refractivity contribution is 0.416. The number of hydrogen-bond donors (Lipinski definition) is 1. The van der Waals surface area contributed by atoms with E-state index in [9.17, 15) is 4.79 Å². The molecule has 0 fully saturated rings. The summed E-state index contributed by atoms with van der Waals surface area (Å²) in [4.78, 5) is 19.3. The Morgan fingerprint density at radius 3 is 2.79 bits per heavy atom. The SMILES string of the molecule is CCCc1nc(-c2ccccc2OC)[nH]c(=O)c1I. The summed E-state index contributed by atoms with van der Waals surface area (Å²) >= 11 is 2.04. The fourth-order valence-corrected chi connectivity index (χ4v) is 2.40. The number of aromatic nitrogens is 2. The van der Waals surface area contributed by atoms with Crippen molar-refractivity contribution in [1.29, 1.82) is 0 Å². The van der Waals surface area contributed by atoms with Gasteiger partial charge in [0.25, 0.3) is 5.56 Å². The van der Waals surface area contributed by atoms with Gasteiger partial charge in [0.05, 0.1) is 21.9 Å². The van der Waals surface area contributed by atoms with E-state index in [0.29, 0.717) is 15.1 Å². The molecule has 0 bridgehead atoms. The maximum atomic E-state index is 12.0. The van der Waals surface area contributed by atoms with Gasteiger partial charge in [-0.05, 0) is 41.1 Å². The molecule has 5 heteroatoms. The molecule has 1 N–H and O–H groups in total. The molecule has 1 heterocycles. The normalized spacial score (nSPS) is 10.5. The van der Waals surface area contributed by atoms with Crippen LogP contribution in [0.3, 0.4) is 0 Å². The van der Waals surface area contributed by atoms with Crippen LogP contribution in [0.25, 0.3) is 11.4 Å². The quantitative estimate of drug-likeness (QED) is 0.842. The first-order valence-electron chi connectivity index (χ1n) is 6.09. The van der Waals surface area contributed by atoms with Crippen LogP contribution < -0.4 is 10.3 Å². The third-order valence-corrected chi connectivity index (χ3v) is 3.89. The van der Waals surface area contributed by atoms with Crippen molar-refractivity contribution in [3.8, 4) is 17.1 Å². The Kier molecular flexibility index (Phi) is 4.57. The average molecular weight is 370 g/mol. The fraction of sp³-hybridized carbons (Fsp3) is 0.286. The molecule has 100 valence electrons. The monoisotopic (exact) mass is 370 g/mol. The van der Waals surface area contributed by atoms with Crippen molar-refractivity contribution in [3.05, 3.63) is 43.9 Å². The van der Waals surface area contributed by atoms with Gasteiger partial charge in [-0.15, -0.1) is 0 Å². The predicted molar refractivity (Wildman–Crippen MR) is 83.6 cm³/mol. The summed E-state index contributed by atoms with van der Waals surface area (Å²) in [6.45, 7) is 2.07. The van der Waals surface area contributed by atoms with E-state index in [1.165, 1.54) is 0 Å². The van der Waals surface area contributed by atoms with Crippen molar-refractivity contribution >= 4 is 22.6 Å². The zero-order chi connectivity index (χ0) is 13.8. The molecule has 0 aliphatic carbocycles. The molecular weight excluding hydrogens is 355 g/mol. The van der Waals surface area contributed by atoms with Crippen molar-refractivity contribution in [2.24, 2.45) is 0 Å². The van der Waals surface area contributed by atoms with Crippen LogP contribution in [0.15, 0.2) is 29.1 Å². The van der Waals surface area contributed by atoms with Crippen molar-refractivity contribution in [2.45, 2.75) is 19.8 Å². The van der Waals surface area contributed by atoms with Gasteiger partial charge >= 0.3 is 0 Å². The Bertz CT molecular complexity index is 638. The summed E-state index contributed by atoms with van der Waals surface area (Å²) < 4.78 is 5.97. The lowest BCUT2D eigenvalue weighted by Crippen LogP contribution is -2.16. The molecule has 1 aromatic carbocycles. The highest BCUT2D eigenvalue weighted by Gasteiger charge is 2.12. The second-order valence-electron chi connectivity index (χ2n) is 4.13. The third-order valence-electron chi connectivity index (χ3n) is 2.78. The minimum Gasteiger partial charge on any atom is -0.496 e. The van der Waals surface area contributed by atoms with Gasteiger partial charge in [0.1, 0.15) is 11.6 Å². The smallest absolute Gasteiger partial charge is 0.264 e. The van der Waals surface area contributed by atoms with Crippen LogP contribution in [0.1, 0.15) is 19.0 Å². The Labute approximate surface area is 125 Å². The number of H-pyrrole nitrogens is 1. The van der Waals surface area contributed by atoms with Crippen LogP contribution >= 0.6 is 22.6 Å². The Morgan fingerprint density at radius 2 is 2.11 bits per heavy atom. The topological polar surface area (TPSA) is 55.0 Å². The van der Waals surface area contributed by atoms with Gasteiger partial charge in [0.2, 0.25) is 0 Å². The van der Waals surface area contributed by atoms with E-state index >= 15 is 0 Å². The number of aromatic amines is 1. The predicted octanol–water partition coefficient (Wildman–Crippen LogP) is 3.00. The molecule has 19 heavy (non-hydrogen) atoms. The molecule has 0 aliphatic heterocycles. The van der Waals surface area contributed by atoms with Crippen molar-refractivity contribution < 1.29 is 4.74 Å². The molecule has 2 aromatic rings. The maximum absolute atomic E-state index is 12.0. The van der Waals surface area contributed by atoms with E-state index in [1.54, 1.807) is 7.11 Å². The van der Waals surface area contributed by atoms with Gasteiger partial charge in [0.15, 0.2) is 0 Å². The molecule has 0 radical (unpaired) electrons. The fourth-order valence-electron chi connectivity index (χ4n) is 1.88. The van der Waals surface area contributed by atoms with Crippen molar-refractivity contribution in [1.82, 2.24) is 9.97 Å². The van der Waals surface area contributed by atoms with Crippen molar-refractivity contribution in [2.75, 3.05) is 7.11 Å². The van der Waals surface area contributed by atoms with Gasteiger partial charge in [-0.2, -0.15) is 0 Å². The number of benzene rings is 1. The van der Waals surface area contributed by atoms with E-state index in [1.807, 2.05) is 46.9 Å². The van der Waals surface area contributed by atoms with Crippen molar-refractivity contribution in [3.63, 3.8) is 0 Å². The second-order valence-corrected chi connectivity index (χ2v) is 5.20. The second kappa shape index (κ2) is 6.18. The molecule has 0 amide bonds. The van der Waals surface area contributed by atoms with E-state index < -0.39 is 0 Å². The molecule has 0 saturated carbocycles. The number of halogens is 1. The first-order chi connectivity index (χ1) is 9.17. The van der Waals surface area contributed by atoms with Crippen LogP contribution in [-0.4, -0.2) is 17.1 Å². The van der Waals surface area contributed by atoms with Crippen LogP contribution in [0.5, 0.6) is 5.75 Å². The number of rotatable bonds is 4. The molecule has 2 rings (SSSR count). The van der Waals surface area contributed by atoms with Gasteiger partial charge in [-0.1, -0.05) is 25.5 Å². The lowest BCUT2D eigenvalue weighted by atomic mass is 10.1. The van der Waals surface area contributed by atoms with Gasteiger partial charge < -0.3 is 9.72 Å². The zero-order valence-electron chi connectivity index (χ0n) is 10.9. The first-order valence-corrected chi connectivity index (χ1v) is 7.17. The van der Waals surface area contributed by atoms with Crippen LogP contribution in [0, 0.1) is 3.57 Å². The van der Waals surface area contributed by atoms with Gasteiger partial charge in [-0.25, -0.2) is 4.98 Å². The average Bonchev–Trinajstić information content (AvgIpc) is 2.43. The summed E-state index contributed by atoms with van der Waals surface area (Å²) in [7, 11) is 1.61. The first kappa shape index (κ1) is 14.0. The minimum absolute atomic E-state index is 0.0973. The number of aryl methyl sites for hydroxylation is 1. The minimum atomic E-state index is -0.0973. The Balaban J connectivity index is 2.59. The molecule has 1 aromatic heterocycles. The largest absolute Gasteiger partial charge is 0.496 e. The van der Waals surface area contributed by atoms with E-state index in [4.69, 9.17) is 4.74 Å². The van der Waals surface area contributed by atoms with E-state index in [-0.39, 0.29) is 5.56 Å². The highest BCUT2D eigenvalue weighted by atomic mass is 127. The highest BCUT2D eigenvalue weighted by molar-refractivity contribution is 14.1. The van der Waals surface area contributed by atoms with Gasteiger partial charge in [-0.3, -0.25) is 4.79 Å². The molecule has 0 aliphatic rings. The van der Waals surface area contributed by atoms with Crippen LogP contribution in [-0.2, 0) is 6.42 Å². The van der Waals surface area contributed by atoms with Crippen LogP contribution in [0.4, 0.5) is 0 Å². The number of nitrogens with zero attached hydrogens (tertiary/aromatic N) is 1. The highest BCUT2D eigenvalue weighted by Crippen LogP contribution is 2.26. The lowest BCUT2D eigenvalue weighted by Gasteiger charge is -2.09. The molecule has 0 spiro atoms. The maximum Gasteiger partial charge on any atom is 0.264 e. The van der Waals surface area contributed by atoms with Crippen LogP contribution in [0.2, 0.25) is 0 Å². The number of methoxy groups -OCH3 is 1. The summed E-state index contributed by atoms with van der Waals surface area (Å²) in [5.41, 5.74) is 1.54. The number of ether oxygens (including phenoxy) is 1. The molecule has 4 nitrogen and oxygen atoms in total. The Morgan fingerprint density at radius 1 is 1.37 bits per heavy atom. The number of nitrogens with one attached hydrogen (secondary N) is 1. The standard InChI is InChI=1S/C14H15IN2O2/c1-3-6-10-12(15)14(18)17-13(16-10)9-7-4-5-8-11(9)19-2/h4-5,7-8H,3,6H2,1-2H3,(H,16,17,18). The number of para-hydroxylation sites is 1. The Hall–Kier alpha value is -1.37. The van der Waals surface area contributed by atoms with E-state index in [2.05, 4.69) is 16.9 Å². The summed E-state index contributed by atoms with van der Waals surface area (Å²) in [5, 5.41) is 0. The molecule has 0 atom stereocenters. The van der Waals surface area contributed by atoms with E-state index in [0.717, 1.165) is 24.1 Å². The third kappa shape index (κ3) is 2.97. The summed E-state index contributed by atoms with van der Waals surface area (Å²) in [5.74, 6) is 1.26. The molecular formula is C14H15IN2O2. The number of hydrogen-bond acceptors (Lipinski definition) is 3. The summed E-state index contributed by atoms with van der Waals surface area (Å²) in [6.07, 6.45) is 1.75. The molecule has 0 saturated heterocycles. The van der Waals surface area contributed by atoms with Gasteiger partial charge in [0, 0.05) is 0 Å². The summed E-state index contributed by atoms with van der Waals surface area (Å²) in [6, 6.07) is 7.53.